The van der Waals surface area contributed by atoms with Crippen LogP contribution in [0.15, 0.2) is 0 Å². The quantitative estimate of drug-likeness (QED) is 0.377. The molecule has 0 aliphatic carbocycles. The lowest BCUT2D eigenvalue weighted by molar-refractivity contribution is -0.164. The van der Waals surface area contributed by atoms with Gasteiger partial charge in [-0.05, 0) is 13.8 Å². The van der Waals surface area contributed by atoms with Crippen molar-refractivity contribution in [3.05, 3.63) is 0 Å². The van der Waals surface area contributed by atoms with Crippen LogP contribution in [0, 0.1) is 0 Å². The molecule has 3 atom stereocenters. The fourth-order valence-electron chi connectivity index (χ4n) is 0.758. The number of rotatable bonds is 5. The van der Waals surface area contributed by atoms with Crippen LogP contribution in [0.5, 0.6) is 0 Å². The maximum Gasteiger partial charge on any atom is 0.337 e. The Morgan fingerprint density at radius 2 is 1.67 bits per heavy atom. The van der Waals surface area contributed by atoms with Crippen molar-refractivity contribution in [3.8, 4) is 0 Å². The van der Waals surface area contributed by atoms with E-state index in [9.17, 15) is 14.7 Å². The molecule has 0 heterocycles. The molecule has 0 saturated carbocycles. The van der Waals surface area contributed by atoms with E-state index in [1.165, 1.54) is 13.8 Å². The largest absolute Gasteiger partial charge is 0.447 e. The van der Waals surface area contributed by atoms with Crippen molar-refractivity contribution in [2.24, 2.45) is 11.5 Å². The molecule has 0 bridgehead atoms. The molecule has 0 aromatic carbocycles. The molecule has 0 aromatic heterocycles. The zero-order valence-corrected chi connectivity index (χ0v) is 8.67. The molecule has 7 heteroatoms. The average Bonchev–Trinajstić information content (AvgIpc) is 2.00. The standard InChI is InChI=1S/C8H16N2O5/c1-4(9)14-7(12)3-6(11)8(13)15-5(2)10/h4-6,11H,3,9-10H2,1-2H3. The third-order valence-corrected chi connectivity index (χ3v) is 1.25. The first-order chi connectivity index (χ1) is 6.82. The first kappa shape index (κ1) is 13.8. The van der Waals surface area contributed by atoms with Gasteiger partial charge in [0.25, 0.3) is 0 Å². The molecule has 0 aromatic rings. The highest BCUT2D eigenvalue weighted by molar-refractivity contribution is 5.81. The highest BCUT2D eigenvalue weighted by atomic mass is 16.6. The number of carbonyl (C=O) groups excluding carboxylic acids is 2. The van der Waals surface area contributed by atoms with Gasteiger partial charge in [0.1, 0.15) is 12.5 Å². The summed E-state index contributed by atoms with van der Waals surface area (Å²) in [5.74, 6) is -1.74. The van der Waals surface area contributed by atoms with Crippen LogP contribution < -0.4 is 11.5 Å². The second-order valence-electron chi connectivity index (χ2n) is 3.06. The minimum Gasteiger partial charge on any atom is -0.447 e. The van der Waals surface area contributed by atoms with Crippen LogP contribution in [0.3, 0.4) is 0 Å². The van der Waals surface area contributed by atoms with Gasteiger partial charge in [0.15, 0.2) is 6.10 Å². The van der Waals surface area contributed by atoms with Gasteiger partial charge >= 0.3 is 11.9 Å². The summed E-state index contributed by atoms with van der Waals surface area (Å²) in [7, 11) is 0. The Labute approximate surface area is 87.3 Å². The molecule has 3 unspecified atom stereocenters. The third-order valence-electron chi connectivity index (χ3n) is 1.25. The summed E-state index contributed by atoms with van der Waals surface area (Å²) in [5.41, 5.74) is 10.3. The van der Waals surface area contributed by atoms with Gasteiger partial charge in [-0.25, -0.2) is 4.79 Å². The van der Waals surface area contributed by atoms with Crippen molar-refractivity contribution in [3.63, 3.8) is 0 Å². The van der Waals surface area contributed by atoms with Gasteiger partial charge in [-0.2, -0.15) is 0 Å². The van der Waals surface area contributed by atoms with Crippen molar-refractivity contribution < 1.29 is 24.2 Å². The molecule has 0 amide bonds. The lowest BCUT2D eigenvalue weighted by atomic mass is 10.2. The van der Waals surface area contributed by atoms with E-state index < -0.39 is 36.9 Å². The van der Waals surface area contributed by atoms with E-state index in [-0.39, 0.29) is 0 Å². The van der Waals surface area contributed by atoms with Crippen LogP contribution in [0.25, 0.3) is 0 Å². The number of aliphatic hydroxyl groups is 1. The van der Waals surface area contributed by atoms with Gasteiger partial charge in [-0.1, -0.05) is 0 Å². The van der Waals surface area contributed by atoms with Crippen molar-refractivity contribution in [1.29, 1.82) is 0 Å². The van der Waals surface area contributed by atoms with Gasteiger partial charge in [0, 0.05) is 0 Å². The van der Waals surface area contributed by atoms with E-state index in [1.807, 2.05) is 0 Å². The fraction of sp³-hybridized carbons (Fsp3) is 0.750. The zero-order chi connectivity index (χ0) is 12.0. The van der Waals surface area contributed by atoms with Crippen molar-refractivity contribution >= 4 is 11.9 Å². The van der Waals surface area contributed by atoms with Gasteiger partial charge in [0.05, 0.1) is 6.42 Å². The van der Waals surface area contributed by atoms with E-state index in [0.29, 0.717) is 0 Å². The van der Waals surface area contributed by atoms with Crippen LogP contribution in [-0.4, -0.2) is 35.6 Å². The Hall–Kier alpha value is -1.18. The number of nitrogens with two attached hydrogens (primary N) is 2. The summed E-state index contributed by atoms with van der Waals surface area (Å²) in [6, 6.07) is 0. The predicted molar refractivity (Wildman–Crippen MR) is 50.1 cm³/mol. The van der Waals surface area contributed by atoms with Crippen molar-refractivity contribution in [1.82, 2.24) is 0 Å². The van der Waals surface area contributed by atoms with Crippen LogP contribution in [-0.2, 0) is 19.1 Å². The Morgan fingerprint density at radius 3 is 2.07 bits per heavy atom. The zero-order valence-electron chi connectivity index (χ0n) is 8.67. The van der Waals surface area contributed by atoms with Gasteiger partial charge in [-0.3, -0.25) is 16.3 Å². The summed E-state index contributed by atoms with van der Waals surface area (Å²) >= 11 is 0. The van der Waals surface area contributed by atoms with Crippen LogP contribution in [0.2, 0.25) is 0 Å². The molecule has 0 aliphatic heterocycles. The SMILES string of the molecule is CC(N)OC(=O)CC(O)C(=O)OC(C)N. The average molecular weight is 220 g/mol. The molecule has 0 spiro atoms. The van der Waals surface area contributed by atoms with E-state index in [4.69, 9.17) is 11.5 Å². The van der Waals surface area contributed by atoms with Gasteiger partial charge in [-0.15, -0.1) is 0 Å². The molecule has 0 fully saturated rings. The molecule has 0 rings (SSSR count). The lowest BCUT2D eigenvalue weighted by Gasteiger charge is -2.13. The number of hydrogen-bond donors (Lipinski definition) is 3. The summed E-state index contributed by atoms with van der Waals surface area (Å²) in [5, 5.41) is 9.18. The van der Waals surface area contributed by atoms with Gasteiger partial charge in [0.2, 0.25) is 0 Å². The molecule has 7 nitrogen and oxygen atoms in total. The smallest absolute Gasteiger partial charge is 0.337 e. The Kier molecular flexibility index (Phi) is 5.83. The van der Waals surface area contributed by atoms with Crippen LogP contribution >= 0.6 is 0 Å². The summed E-state index contributed by atoms with van der Waals surface area (Å²) in [6.07, 6.45) is -3.71. The Balaban J connectivity index is 3.96. The predicted octanol–water partition coefficient (Wildman–Crippen LogP) is -1.57. The second-order valence-corrected chi connectivity index (χ2v) is 3.06. The monoisotopic (exact) mass is 220 g/mol. The first-order valence-electron chi connectivity index (χ1n) is 4.42. The fourth-order valence-corrected chi connectivity index (χ4v) is 0.758. The highest BCUT2D eigenvalue weighted by Gasteiger charge is 2.22. The molecule has 88 valence electrons. The van der Waals surface area contributed by atoms with Crippen LogP contribution in [0.4, 0.5) is 0 Å². The normalized spacial score (nSPS) is 16.3. The second kappa shape index (κ2) is 6.33. The molecular formula is C8H16N2O5. The Morgan fingerprint density at radius 1 is 1.20 bits per heavy atom. The van der Waals surface area contributed by atoms with Gasteiger partial charge < -0.3 is 14.6 Å². The molecule has 0 aliphatic rings. The minimum absolute atomic E-state index is 0.507. The Bertz CT molecular complexity index is 229. The van der Waals surface area contributed by atoms with Crippen molar-refractivity contribution in [2.75, 3.05) is 0 Å². The third kappa shape index (κ3) is 6.83. The summed E-state index contributed by atoms with van der Waals surface area (Å²) in [4.78, 5) is 21.9. The number of ether oxygens (including phenoxy) is 2. The highest BCUT2D eigenvalue weighted by Crippen LogP contribution is 1.99. The van der Waals surface area contributed by atoms with Crippen LogP contribution in [0.1, 0.15) is 20.3 Å². The topological polar surface area (TPSA) is 125 Å². The van der Waals surface area contributed by atoms with Crippen molar-refractivity contribution in [2.45, 2.75) is 38.8 Å². The first-order valence-corrected chi connectivity index (χ1v) is 4.42. The maximum absolute atomic E-state index is 11.0. The summed E-state index contributed by atoms with van der Waals surface area (Å²) in [6.45, 7) is 2.87. The van der Waals surface area contributed by atoms with E-state index >= 15 is 0 Å². The van der Waals surface area contributed by atoms with E-state index in [0.717, 1.165) is 0 Å². The van der Waals surface area contributed by atoms with E-state index in [2.05, 4.69) is 9.47 Å². The molecule has 15 heavy (non-hydrogen) atoms. The molecular weight excluding hydrogens is 204 g/mol. The minimum atomic E-state index is -1.58. The molecule has 5 N–H and O–H groups in total. The number of esters is 2. The summed E-state index contributed by atoms with van der Waals surface area (Å²) < 4.78 is 8.98. The number of carbonyl (C=O) groups is 2. The number of aliphatic hydroxyl groups excluding tert-OH is 1. The van der Waals surface area contributed by atoms with E-state index in [1.54, 1.807) is 0 Å². The molecule has 0 radical (unpaired) electrons. The maximum atomic E-state index is 11.0. The molecule has 0 saturated heterocycles. The number of hydrogen-bond acceptors (Lipinski definition) is 7. The lowest BCUT2D eigenvalue weighted by Crippen LogP contribution is -2.34.